The third-order valence-corrected chi connectivity index (χ3v) is 2.76. The van der Waals surface area contributed by atoms with Gasteiger partial charge < -0.3 is 4.57 Å². The molecule has 0 N–H and O–H groups in total. The highest BCUT2D eigenvalue weighted by Crippen LogP contribution is 2.19. The molecular weight excluding hydrogens is 164 g/mol. The van der Waals surface area contributed by atoms with Gasteiger partial charge in [0.25, 0.3) is 0 Å². The second kappa shape index (κ2) is 3.32. The molecule has 1 heterocycles. The number of nitrogens with zero attached hydrogens (tertiary/aromatic N) is 2. The first kappa shape index (κ1) is 8.48. The Morgan fingerprint density at radius 1 is 1.31 bits per heavy atom. The second-order valence-electron chi connectivity index (χ2n) is 3.60. The summed E-state index contributed by atoms with van der Waals surface area (Å²) in [6, 6.07) is 0. The maximum atomic E-state index is 10.6. The first-order valence-electron chi connectivity index (χ1n) is 4.82. The van der Waals surface area contributed by atoms with Crippen LogP contribution in [0.3, 0.4) is 0 Å². The minimum absolute atomic E-state index is 0.576. The van der Waals surface area contributed by atoms with E-state index < -0.39 is 0 Å². The summed E-state index contributed by atoms with van der Waals surface area (Å²) in [5, 5.41) is 0. The smallest absolute Gasteiger partial charge is 0.185 e. The van der Waals surface area contributed by atoms with Crippen LogP contribution in [0.2, 0.25) is 0 Å². The lowest BCUT2D eigenvalue weighted by molar-refractivity contribution is 0.111. The molecule has 0 radical (unpaired) electrons. The fourth-order valence-electron chi connectivity index (χ4n) is 1.99. The van der Waals surface area contributed by atoms with Crippen molar-refractivity contribution in [2.75, 3.05) is 0 Å². The molecule has 1 aromatic rings. The highest BCUT2D eigenvalue weighted by Gasteiger charge is 2.15. The maximum absolute atomic E-state index is 10.6. The first-order chi connectivity index (χ1) is 6.33. The summed E-state index contributed by atoms with van der Waals surface area (Å²) in [5.74, 6) is 0.576. The minimum atomic E-state index is 0.576. The van der Waals surface area contributed by atoms with Crippen molar-refractivity contribution in [3.8, 4) is 0 Å². The second-order valence-corrected chi connectivity index (χ2v) is 3.60. The first-order valence-corrected chi connectivity index (χ1v) is 4.82. The Balaban J connectivity index is 2.44. The van der Waals surface area contributed by atoms with E-state index in [0.29, 0.717) is 5.82 Å². The Bertz CT molecular complexity index is 328. The van der Waals surface area contributed by atoms with Gasteiger partial charge in [0.1, 0.15) is 0 Å². The SMILES string of the molecule is Cn1c(C=O)nc2c1CCCCC2. The van der Waals surface area contributed by atoms with Crippen LogP contribution in [0, 0.1) is 0 Å². The van der Waals surface area contributed by atoms with Gasteiger partial charge in [-0.05, 0) is 25.7 Å². The molecule has 3 heteroatoms. The van der Waals surface area contributed by atoms with Crippen LogP contribution in [0.5, 0.6) is 0 Å². The summed E-state index contributed by atoms with van der Waals surface area (Å²) in [6.45, 7) is 0. The molecule has 0 unspecified atom stereocenters. The Morgan fingerprint density at radius 2 is 2.08 bits per heavy atom. The largest absolute Gasteiger partial charge is 0.329 e. The van der Waals surface area contributed by atoms with Crippen molar-refractivity contribution < 1.29 is 4.79 Å². The van der Waals surface area contributed by atoms with E-state index in [9.17, 15) is 4.79 Å². The van der Waals surface area contributed by atoms with E-state index in [-0.39, 0.29) is 0 Å². The number of fused-ring (bicyclic) bond motifs is 1. The zero-order valence-electron chi connectivity index (χ0n) is 7.92. The molecule has 0 aromatic carbocycles. The Morgan fingerprint density at radius 3 is 2.85 bits per heavy atom. The van der Waals surface area contributed by atoms with Crippen molar-refractivity contribution >= 4 is 6.29 Å². The molecule has 0 saturated heterocycles. The minimum Gasteiger partial charge on any atom is -0.329 e. The van der Waals surface area contributed by atoms with E-state index >= 15 is 0 Å². The zero-order valence-corrected chi connectivity index (χ0v) is 7.92. The molecule has 0 fully saturated rings. The third-order valence-electron chi connectivity index (χ3n) is 2.76. The predicted octanol–water partition coefficient (Wildman–Crippen LogP) is 1.50. The summed E-state index contributed by atoms with van der Waals surface area (Å²) in [7, 11) is 1.93. The van der Waals surface area contributed by atoms with Crippen LogP contribution in [0.25, 0.3) is 0 Å². The molecule has 2 rings (SSSR count). The van der Waals surface area contributed by atoms with Crippen LogP contribution in [0.4, 0.5) is 0 Å². The van der Waals surface area contributed by atoms with E-state index in [1.54, 1.807) is 0 Å². The molecule has 0 spiro atoms. The molecular formula is C10H14N2O. The van der Waals surface area contributed by atoms with Gasteiger partial charge in [-0.25, -0.2) is 4.98 Å². The van der Waals surface area contributed by atoms with Crippen LogP contribution in [0.15, 0.2) is 0 Å². The normalized spacial score (nSPS) is 16.4. The van der Waals surface area contributed by atoms with Gasteiger partial charge in [-0.2, -0.15) is 0 Å². The number of carbonyl (C=O) groups excluding carboxylic acids is 1. The van der Waals surface area contributed by atoms with E-state index in [0.717, 1.165) is 24.8 Å². The standard InChI is InChI=1S/C10H14N2O/c1-12-9-6-4-2-3-5-8(9)11-10(12)7-13/h7H,2-6H2,1H3. The molecule has 1 aliphatic carbocycles. The number of hydrogen-bond acceptors (Lipinski definition) is 2. The zero-order chi connectivity index (χ0) is 9.26. The number of aromatic nitrogens is 2. The lowest BCUT2D eigenvalue weighted by atomic mass is 10.2. The Labute approximate surface area is 77.8 Å². The quantitative estimate of drug-likeness (QED) is 0.482. The predicted molar refractivity (Wildman–Crippen MR) is 49.9 cm³/mol. The summed E-state index contributed by atoms with van der Waals surface area (Å²) >= 11 is 0. The van der Waals surface area contributed by atoms with Crippen LogP contribution < -0.4 is 0 Å². The molecule has 1 aliphatic rings. The van der Waals surface area contributed by atoms with Gasteiger partial charge in [0.2, 0.25) is 0 Å². The fourth-order valence-corrected chi connectivity index (χ4v) is 1.99. The molecule has 0 amide bonds. The van der Waals surface area contributed by atoms with Gasteiger partial charge in [-0.15, -0.1) is 0 Å². The van der Waals surface area contributed by atoms with Gasteiger partial charge in [0.05, 0.1) is 5.69 Å². The van der Waals surface area contributed by atoms with E-state index in [2.05, 4.69) is 4.98 Å². The number of aldehydes is 1. The lowest BCUT2D eigenvalue weighted by Crippen LogP contribution is -2.00. The van der Waals surface area contributed by atoms with E-state index in [1.165, 1.54) is 25.0 Å². The van der Waals surface area contributed by atoms with Gasteiger partial charge in [-0.1, -0.05) is 6.42 Å². The van der Waals surface area contributed by atoms with Crippen molar-refractivity contribution in [1.29, 1.82) is 0 Å². The number of carbonyl (C=O) groups is 1. The van der Waals surface area contributed by atoms with Crippen LogP contribution in [-0.4, -0.2) is 15.8 Å². The van der Waals surface area contributed by atoms with Crippen molar-refractivity contribution in [3.05, 3.63) is 17.2 Å². The number of aryl methyl sites for hydroxylation is 1. The molecule has 13 heavy (non-hydrogen) atoms. The summed E-state index contributed by atoms with van der Waals surface area (Å²) in [6.07, 6.45) is 6.68. The molecule has 70 valence electrons. The van der Waals surface area contributed by atoms with Gasteiger partial charge in [0, 0.05) is 12.7 Å². The van der Waals surface area contributed by atoms with Crippen LogP contribution >= 0.6 is 0 Å². The van der Waals surface area contributed by atoms with Crippen LogP contribution in [-0.2, 0) is 19.9 Å². The maximum Gasteiger partial charge on any atom is 0.185 e. The Kier molecular flexibility index (Phi) is 2.17. The Hall–Kier alpha value is -1.12. The lowest BCUT2D eigenvalue weighted by Gasteiger charge is -2.01. The summed E-state index contributed by atoms with van der Waals surface area (Å²) in [5.41, 5.74) is 2.40. The highest BCUT2D eigenvalue weighted by molar-refractivity contribution is 5.69. The fraction of sp³-hybridized carbons (Fsp3) is 0.600. The average Bonchev–Trinajstić information content (AvgIpc) is 2.37. The summed E-state index contributed by atoms with van der Waals surface area (Å²) < 4.78 is 1.94. The van der Waals surface area contributed by atoms with E-state index in [4.69, 9.17) is 0 Å². The number of hydrogen-bond donors (Lipinski definition) is 0. The van der Waals surface area contributed by atoms with E-state index in [1.807, 2.05) is 11.6 Å². The van der Waals surface area contributed by atoms with Gasteiger partial charge in [0.15, 0.2) is 12.1 Å². The van der Waals surface area contributed by atoms with Crippen molar-refractivity contribution in [2.45, 2.75) is 32.1 Å². The summed E-state index contributed by atoms with van der Waals surface area (Å²) in [4.78, 5) is 15.0. The van der Waals surface area contributed by atoms with Crippen LogP contribution in [0.1, 0.15) is 41.3 Å². The monoisotopic (exact) mass is 178 g/mol. The number of rotatable bonds is 1. The molecule has 0 bridgehead atoms. The number of imidazole rings is 1. The van der Waals surface area contributed by atoms with Crippen molar-refractivity contribution in [3.63, 3.8) is 0 Å². The highest BCUT2D eigenvalue weighted by atomic mass is 16.1. The van der Waals surface area contributed by atoms with Crippen molar-refractivity contribution in [2.24, 2.45) is 7.05 Å². The molecule has 0 atom stereocenters. The molecule has 1 aromatic heterocycles. The van der Waals surface area contributed by atoms with Crippen molar-refractivity contribution in [1.82, 2.24) is 9.55 Å². The average molecular weight is 178 g/mol. The van der Waals surface area contributed by atoms with Gasteiger partial charge in [-0.3, -0.25) is 4.79 Å². The molecule has 3 nitrogen and oxygen atoms in total. The molecule has 0 saturated carbocycles. The van der Waals surface area contributed by atoms with Gasteiger partial charge >= 0.3 is 0 Å². The molecule has 0 aliphatic heterocycles. The third kappa shape index (κ3) is 1.39. The topological polar surface area (TPSA) is 34.9 Å².